The predicted molar refractivity (Wildman–Crippen MR) is 109 cm³/mol. The van der Waals surface area contributed by atoms with Crippen LogP contribution >= 0.6 is 0 Å². The highest BCUT2D eigenvalue weighted by molar-refractivity contribution is 5.72. The quantitative estimate of drug-likeness (QED) is 0.690. The Bertz CT molecular complexity index is 997. The first-order valence-electron chi connectivity index (χ1n) is 11.0. The summed E-state index contributed by atoms with van der Waals surface area (Å²) in [5.74, 6) is 2.92. The minimum Gasteiger partial charge on any atom is -0.432 e. The van der Waals surface area contributed by atoms with Crippen molar-refractivity contribution in [3.63, 3.8) is 0 Å². The smallest absolute Gasteiger partial charge is 0.306 e. The van der Waals surface area contributed by atoms with Gasteiger partial charge in [-0.1, -0.05) is 31.6 Å². The molecule has 148 valence electrons. The lowest BCUT2D eigenvalue weighted by Crippen LogP contribution is -2.49. The second-order valence-electron chi connectivity index (χ2n) is 10.2. The van der Waals surface area contributed by atoms with Crippen LogP contribution in [0.4, 0.5) is 0 Å². The zero-order valence-electron chi connectivity index (χ0n) is 16.9. The maximum atomic E-state index is 10.2. The van der Waals surface area contributed by atoms with Crippen molar-refractivity contribution in [2.24, 2.45) is 28.6 Å². The summed E-state index contributed by atoms with van der Waals surface area (Å²) in [7, 11) is 0. The van der Waals surface area contributed by atoms with Crippen LogP contribution in [0.3, 0.4) is 0 Å². The van der Waals surface area contributed by atoms with E-state index in [0.717, 1.165) is 31.1 Å². The summed E-state index contributed by atoms with van der Waals surface area (Å²) in [6, 6.07) is 0. The Hall–Kier alpha value is -1.81. The minimum atomic E-state index is -0.122. The molecule has 0 spiro atoms. The lowest BCUT2D eigenvalue weighted by Gasteiger charge is -2.57. The van der Waals surface area contributed by atoms with E-state index in [0.29, 0.717) is 17.2 Å². The SMILES string of the molecule is C[C@]12CC[C@H](O)CC1=CCC1C2CC[C@]2(C)C(c3cnc4occn34)=CCC12. The van der Waals surface area contributed by atoms with E-state index in [9.17, 15) is 5.11 Å². The van der Waals surface area contributed by atoms with Crippen LogP contribution in [0.25, 0.3) is 11.4 Å². The zero-order valence-corrected chi connectivity index (χ0v) is 16.9. The van der Waals surface area contributed by atoms with Crippen molar-refractivity contribution in [3.05, 3.63) is 42.1 Å². The van der Waals surface area contributed by atoms with Crippen molar-refractivity contribution in [2.45, 2.75) is 64.9 Å². The van der Waals surface area contributed by atoms with Crippen molar-refractivity contribution >= 4 is 11.4 Å². The van der Waals surface area contributed by atoms with Gasteiger partial charge in [0, 0.05) is 6.20 Å². The number of oxazole rings is 1. The molecule has 0 saturated heterocycles. The highest BCUT2D eigenvalue weighted by Gasteiger charge is 2.57. The van der Waals surface area contributed by atoms with Crippen molar-refractivity contribution < 1.29 is 9.52 Å². The summed E-state index contributed by atoms with van der Waals surface area (Å²) in [6.07, 6.45) is 18.5. The number of aromatic nitrogens is 2. The molecule has 0 aliphatic heterocycles. The Morgan fingerprint density at radius 1 is 1.11 bits per heavy atom. The van der Waals surface area contributed by atoms with E-state index < -0.39 is 0 Å². The molecule has 6 rings (SSSR count). The summed E-state index contributed by atoms with van der Waals surface area (Å²) in [5.41, 5.74) is 4.78. The van der Waals surface area contributed by atoms with E-state index in [1.807, 2.05) is 12.4 Å². The van der Waals surface area contributed by atoms with E-state index in [1.54, 1.807) is 11.8 Å². The topological polar surface area (TPSA) is 50.7 Å². The molecule has 4 aliphatic carbocycles. The van der Waals surface area contributed by atoms with Gasteiger partial charge in [-0.05, 0) is 79.1 Å². The molecular formula is C24H30N2O2. The zero-order chi connectivity index (χ0) is 19.1. The minimum absolute atomic E-state index is 0.122. The summed E-state index contributed by atoms with van der Waals surface area (Å²) in [6.45, 7) is 5.00. The highest BCUT2D eigenvalue weighted by Crippen LogP contribution is 2.66. The molecule has 3 unspecified atom stereocenters. The summed E-state index contributed by atoms with van der Waals surface area (Å²) < 4.78 is 7.60. The fraction of sp³-hybridized carbons (Fsp3) is 0.625. The average Bonchev–Trinajstić information content (AvgIpc) is 3.36. The number of rotatable bonds is 1. The monoisotopic (exact) mass is 378 g/mol. The number of hydrogen-bond donors (Lipinski definition) is 1. The van der Waals surface area contributed by atoms with Gasteiger partial charge in [0.15, 0.2) is 0 Å². The van der Waals surface area contributed by atoms with Crippen LogP contribution in [0.15, 0.2) is 40.8 Å². The lowest BCUT2D eigenvalue weighted by molar-refractivity contribution is -0.0238. The van der Waals surface area contributed by atoms with Crippen molar-refractivity contribution in [1.29, 1.82) is 0 Å². The Morgan fingerprint density at radius 3 is 2.86 bits per heavy atom. The second kappa shape index (κ2) is 5.63. The fourth-order valence-corrected chi connectivity index (χ4v) is 7.53. The summed E-state index contributed by atoms with van der Waals surface area (Å²) in [4.78, 5) is 4.47. The van der Waals surface area contributed by atoms with Gasteiger partial charge in [0.1, 0.15) is 6.26 Å². The van der Waals surface area contributed by atoms with E-state index in [1.165, 1.54) is 37.0 Å². The molecule has 2 heterocycles. The number of aliphatic hydroxyl groups is 1. The average molecular weight is 379 g/mol. The number of allylic oxidation sites excluding steroid dienone is 3. The van der Waals surface area contributed by atoms with Crippen LogP contribution in [-0.2, 0) is 0 Å². The third-order valence-corrected chi connectivity index (χ3v) is 9.08. The summed E-state index contributed by atoms with van der Waals surface area (Å²) >= 11 is 0. The van der Waals surface area contributed by atoms with Crippen LogP contribution in [-0.4, -0.2) is 20.6 Å². The van der Waals surface area contributed by atoms with Crippen molar-refractivity contribution in [3.8, 4) is 0 Å². The Labute approximate surface area is 166 Å². The van der Waals surface area contributed by atoms with Gasteiger partial charge < -0.3 is 9.52 Å². The van der Waals surface area contributed by atoms with Gasteiger partial charge in [0.2, 0.25) is 0 Å². The number of nitrogens with zero attached hydrogens (tertiary/aromatic N) is 2. The van der Waals surface area contributed by atoms with Gasteiger partial charge in [-0.3, -0.25) is 4.40 Å². The first-order chi connectivity index (χ1) is 13.5. The molecule has 2 fully saturated rings. The Kier molecular flexibility index (Phi) is 3.43. The molecule has 0 bridgehead atoms. The van der Waals surface area contributed by atoms with Crippen LogP contribution in [0, 0.1) is 28.6 Å². The molecule has 2 saturated carbocycles. The van der Waals surface area contributed by atoms with E-state index in [2.05, 4.69) is 35.4 Å². The number of aliphatic hydroxyl groups excluding tert-OH is 1. The molecule has 2 aromatic heterocycles. The normalized spacial score (nSPS) is 42.5. The van der Waals surface area contributed by atoms with Crippen molar-refractivity contribution in [1.82, 2.24) is 9.38 Å². The van der Waals surface area contributed by atoms with E-state index >= 15 is 0 Å². The lowest BCUT2D eigenvalue weighted by atomic mass is 9.47. The van der Waals surface area contributed by atoms with Gasteiger partial charge in [0.05, 0.1) is 18.0 Å². The van der Waals surface area contributed by atoms with Gasteiger partial charge in [-0.2, -0.15) is 0 Å². The molecule has 0 aromatic carbocycles. The third kappa shape index (κ3) is 2.07. The molecule has 1 N–H and O–H groups in total. The molecule has 4 aliphatic rings. The second-order valence-corrected chi connectivity index (χ2v) is 10.2. The largest absolute Gasteiger partial charge is 0.432 e. The standard InChI is InChI=1S/C24H30N2O2/c1-23-9-7-16(27)13-15(23)3-4-17-18-5-6-20(24(18,2)10-8-19(17)23)21-14-25-22-26(21)11-12-28-22/h3,6,11-12,14,16-19,27H,4-5,7-10,13H2,1-2H3/t16-,17?,18?,19?,23-,24-/m0/s1. The van der Waals surface area contributed by atoms with Gasteiger partial charge in [0.25, 0.3) is 0 Å². The molecule has 28 heavy (non-hydrogen) atoms. The van der Waals surface area contributed by atoms with Gasteiger partial charge in [-0.25, -0.2) is 4.98 Å². The number of imidazole rings is 1. The molecule has 2 aromatic rings. The first kappa shape index (κ1) is 17.1. The maximum Gasteiger partial charge on any atom is 0.306 e. The molecule has 4 heteroatoms. The van der Waals surface area contributed by atoms with Crippen molar-refractivity contribution in [2.75, 3.05) is 0 Å². The molecule has 6 atom stereocenters. The molecular weight excluding hydrogens is 348 g/mol. The Morgan fingerprint density at radius 2 is 1.96 bits per heavy atom. The van der Waals surface area contributed by atoms with Crippen LogP contribution in [0.2, 0.25) is 0 Å². The van der Waals surface area contributed by atoms with Gasteiger partial charge >= 0.3 is 5.84 Å². The first-order valence-corrected chi connectivity index (χ1v) is 11.0. The molecule has 0 amide bonds. The fourth-order valence-electron chi connectivity index (χ4n) is 7.53. The molecule has 0 radical (unpaired) electrons. The summed E-state index contributed by atoms with van der Waals surface area (Å²) in [5, 5.41) is 10.2. The number of fused-ring (bicyclic) bond motifs is 6. The van der Waals surface area contributed by atoms with Crippen LogP contribution in [0.1, 0.15) is 64.5 Å². The predicted octanol–water partition coefficient (Wildman–Crippen LogP) is 5.24. The van der Waals surface area contributed by atoms with Crippen LogP contribution in [0.5, 0.6) is 0 Å². The van der Waals surface area contributed by atoms with E-state index in [-0.39, 0.29) is 11.5 Å². The van der Waals surface area contributed by atoms with E-state index in [4.69, 9.17) is 4.42 Å². The van der Waals surface area contributed by atoms with Gasteiger partial charge in [-0.15, -0.1) is 0 Å². The third-order valence-electron chi connectivity index (χ3n) is 9.08. The Balaban J connectivity index is 1.36. The molecule has 4 nitrogen and oxygen atoms in total. The van der Waals surface area contributed by atoms with Crippen LogP contribution < -0.4 is 0 Å². The number of hydrogen-bond acceptors (Lipinski definition) is 3. The highest BCUT2D eigenvalue weighted by atomic mass is 16.3. The maximum absolute atomic E-state index is 10.2.